The maximum Gasteiger partial charge on any atom is 0.340 e. The van der Waals surface area contributed by atoms with E-state index in [-0.39, 0.29) is 21.7 Å². The number of carbonyl (C=O) groups is 2. The Morgan fingerprint density at radius 3 is 2.61 bits per heavy atom. The smallest absolute Gasteiger partial charge is 0.340 e. The Morgan fingerprint density at radius 2 is 1.97 bits per heavy atom. The molecule has 1 atom stereocenters. The third-order valence-corrected chi connectivity index (χ3v) is 8.77. The fourth-order valence-corrected chi connectivity index (χ4v) is 6.79. The monoisotopic (exact) mass is 464 g/mol. The van der Waals surface area contributed by atoms with Crippen LogP contribution in [0, 0.1) is 0 Å². The van der Waals surface area contributed by atoms with E-state index >= 15 is 0 Å². The number of sulfonamides is 1. The Kier molecular flexibility index (Phi) is 7.51. The van der Waals surface area contributed by atoms with Gasteiger partial charge in [-0.3, -0.25) is 4.79 Å². The molecule has 0 fully saturated rings. The lowest BCUT2D eigenvalue weighted by Crippen LogP contribution is -2.36. The van der Waals surface area contributed by atoms with Crippen molar-refractivity contribution in [3.8, 4) is 0 Å². The first-order valence-corrected chi connectivity index (χ1v) is 12.6. The highest BCUT2D eigenvalue weighted by molar-refractivity contribution is 7.91. The molecule has 168 valence electrons. The molecule has 31 heavy (non-hydrogen) atoms. The normalized spacial score (nSPS) is 14.7. The maximum absolute atomic E-state index is 12.9. The minimum absolute atomic E-state index is 0.0182. The summed E-state index contributed by atoms with van der Waals surface area (Å²) in [7, 11) is -2.63. The lowest BCUT2D eigenvalue weighted by molar-refractivity contribution is -0.132. The number of nitrogens with zero attached hydrogens (tertiary/aromatic N) is 1. The minimum atomic E-state index is -3.87. The van der Waals surface area contributed by atoms with Gasteiger partial charge in [-0.05, 0) is 37.3 Å². The van der Waals surface area contributed by atoms with Crippen molar-refractivity contribution in [2.24, 2.45) is 0 Å². The third-order valence-electron chi connectivity index (χ3n) is 5.45. The molecule has 2 aromatic rings. The molecule has 1 aliphatic heterocycles. The lowest BCUT2D eigenvalue weighted by atomic mass is 10.0. The second-order valence-electron chi connectivity index (χ2n) is 7.64. The number of nitrogens with one attached hydrogen (secondary N) is 1. The van der Waals surface area contributed by atoms with Gasteiger partial charge in [0.05, 0.1) is 19.2 Å². The van der Waals surface area contributed by atoms with E-state index in [2.05, 4.69) is 4.72 Å². The van der Waals surface area contributed by atoms with Gasteiger partial charge >= 0.3 is 5.97 Å². The second kappa shape index (κ2) is 9.93. The SMILES string of the molecule is CC[C@@H](C)NS(=O)(=O)c1sc2c(c1C(=O)OC)CCN(C(=O)CCc1ccccc1)C2. The van der Waals surface area contributed by atoms with Crippen molar-refractivity contribution >= 4 is 33.2 Å². The molecule has 0 unspecified atom stereocenters. The third kappa shape index (κ3) is 5.34. The van der Waals surface area contributed by atoms with E-state index in [4.69, 9.17) is 4.74 Å². The predicted molar refractivity (Wildman–Crippen MR) is 120 cm³/mol. The molecular weight excluding hydrogens is 436 g/mol. The molecular formula is C22H28N2O5S2. The van der Waals surface area contributed by atoms with Crippen molar-refractivity contribution in [1.29, 1.82) is 0 Å². The molecule has 0 spiro atoms. The summed E-state index contributed by atoms with van der Waals surface area (Å²) < 4.78 is 33.4. The highest BCUT2D eigenvalue weighted by Gasteiger charge is 2.35. The molecule has 0 saturated heterocycles. The number of thiophene rings is 1. The van der Waals surface area contributed by atoms with Gasteiger partial charge in [0.1, 0.15) is 4.21 Å². The molecule has 7 nitrogen and oxygen atoms in total. The summed E-state index contributed by atoms with van der Waals surface area (Å²) in [6.45, 7) is 4.40. The first-order valence-electron chi connectivity index (χ1n) is 10.3. The first kappa shape index (κ1) is 23.4. The molecule has 2 heterocycles. The molecule has 1 aromatic heterocycles. The minimum Gasteiger partial charge on any atom is -0.465 e. The van der Waals surface area contributed by atoms with Crippen LogP contribution in [0.2, 0.25) is 0 Å². The lowest BCUT2D eigenvalue weighted by Gasteiger charge is -2.27. The summed E-state index contributed by atoms with van der Waals surface area (Å²) in [4.78, 5) is 27.7. The van der Waals surface area contributed by atoms with Gasteiger partial charge in [0.15, 0.2) is 0 Å². The van der Waals surface area contributed by atoms with Gasteiger partial charge in [0.25, 0.3) is 10.0 Å². The summed E-state index contributed by atoms with van der Waals surface area (Å²) in [6.07, 6.45) is 2.09. The van der Waals surface area contributed by atoms with Crippen LogP contribution in [-0.4, -0.2) is 44.9 Å². The highest BCUT2D eigenvalue weighted by Crippen LogP contribution is 2.37. The number of benzene rings is 1. The zero-order valence-corrected chi connectivity index (χ0v) is 19.6. The van der Waals surface area contributed by atoms with Crippen molar-refractivity contribution in [2.45, 2.75) is 56.3 Å². The van der Waals surface area contributed by atoms with Crippen LogP contribution >= 0.6 is 11.3 Å². The zero-order valence-electron chi connectivity index (χ0n) is 18.0. The molecule has 1 aromatic carbocycles. The Labute approximate surface area is 187 Å². The average molecular weight is 465 g/mol. The molecule has 0 aliphatic carbocycles. The summed E-state index contributed by atoms with van der Waals surface area (Å²) in [5.74, 6) is -0.643. The van der Waals surface area contributed by atoms with E-state index < -0.39 is 16.0 Å². The number of hydrogen-bond acceptors (Lipinski definition) is 6. The number of carbonyl (C=O) groups excluding carboxylic acids is 2. The topological polar surface area (TPSA) is 92.8 Å². The van der Waals surface area contributed by atoms with Crippen molar-refractivity contribution in [3.05, 3.63) is 51.9 Å². The Hall–Kier alpha value is -2.23. The number of aryl methyl sites for hydroxylation is 1. The van der Waals surface area contributed by atoms with Crippen molar-refractivity contribution in [1.82, 2.24) is 9.62 Å². The average Bonchev–Trinajstić information content (AvgIpc) is 3.17. The van der Waals surface area contributed by atoms with E-state index in [0.717, 1.165) is 21.8 Å². The van der Waals surface area contributed by atoms with Crippen LogP contribution in [0.15, 0.2) is 34.5 Å². The first-order chi connectivity index (χ1) is 14.8. The predicted octanol–water partition coefficient (Wildman–Crippen LogP) is 3.13. The summed E-state index contributed by atoms with van der Waals surface area (Å²) in [5, 5.41) is 0. The van der Waals surface area contributed by atoms with Gasteiger partial charge in [-0.25, -0.2) is 17.9 Å². The molecule has 3 rings (SSSR count). The molecule has 0 saturated carbocycles. The quantitative estimate of drug-likeness (QED) is 0.606. The standard InChI is InChI=1S/C22H28N2O5S2/c1-4-15(2)23-31(27,28)22-20(21(26)29-3)17-12-13-24(14-18(17)30-22)19(25)11-10-16-8-6-5-7-9-16/h5-9,15,23H,4,10-14H2,1-3H3/t15-/m1/s1. The number of methoxy groups -OCH3 is 1. The number of fused-ring (bicyclic) bond motifs is 1. The fourth-order valence-electron chi connectivity index (χ4n) is 3.54. The number of rotatable bonds is 8. The van der Waals surface area contributed by atoms with E-state index in [1.807, 2.05) is 37.3 Å². The second-order valence-corrected chi connectivity index (χ2v) is 10.7. The number of hydrogen-bond donors (Lipinski definition) is 1. The molecule has 0 bridgehead atoms. The number of ether oxygens (including phenoxy) is 1. The van der Waals surface area contributed by atoms with Crippen LogP contribution in [-0.2, 0) is 38.9 Å². The van der Waals surface area contributed by atoms with Gasteiger partial charge in [0, 0.05) is 23.9 Å². The molecule has 1 amide bonds. The molecule has 1 aliphatic rings. The van der Waals surface area contributed by atoms with Gasteiger partial charge in [-0.2, -0.15) is 0 Å². The van der Waals surface area contributed by atoms with Crippen LogP contribution < -0.4 is 4.72 Å². The largest absolute Gasteiger partial charge is 0.465 e. The van der Waals surface area contributed by atoms with E-state index in [1.165, 1.54) is 7.11 Å². The summed E-state index contributed by atoms with van der Waals surface area (Å²) >= 11 is 1.06. The van der Waals surface area contributed by atoms with E-state index in [9.17, 15) is 18.0 Å². The Balaban J connectivity index is 1.83. The highest BCUT2D eigenvalue weighted by atomic mass is 32.2. The van der Waals surface area contributed by atoms with Crippen molar-refractivity contribution < 1.29 is 22.7 Å². The van der Waals surface area contributed by atoms with Crippen LogP contribution in [0.3, 0.4) is 0 Å². The summed E-state index contributed by atoms with van der Waals surface area (Å²) in [6, 6.07) is 9.56. The molecule has 9 heteroatoms. The van der Waals surface area contributed by atoms with Crippen molar-refractivity contribution in [3.63, 3.8) is 0 Å². The van der Waals surface area contributed by atoms with Crippen molar-refractivity contribution in [2.75, 3.05) is 13.7 Å². The van der Waals surface area contributed by atoms with Crippen LogP contribution in [0.1, 0.15) is 53.1 Å². The Bertz CT molecular complexity index is 1050. The molecule has 1 N–H and O–H groups in total. The van der Waals surface area contributed by atoms with Gasteiger partial charge in [-0.15, -0.1) is 11.3 Å². The van der Waals surface area contributed by atoms with E-state index in [0.29, 0.717) is 44.3 Å². The van der Waals surface area contributed by atoms with Crippen LogP contribution in [0.5, 0.6) is 0 Å². The maximum atomic E-state index is 12.9. The van der Waals surface area contributed by atoms with Gasteiger partial charge in [-0.1, -0.05) is 37.3 Å². The van der Waals surface area contributed by atoms with Crippen LogP contribution in [0.25, 0.3) is 0 Å². The van der Waals surface area contributed by atoms with Crippen LogP contribution in [0.4, 0.5) is 0 Å². The number of esters is 1. The zero-order chi connectivity index (χ0) is 22.6. The Morgan fingerprint density at radius 1 is 1.26 bits per heavy atom. The fraction of sp³-hybridized carbons (Fsp3) is 0.455. The summed E-state index contributed by atoms with van der Waals surface area (Å²) in [5.41, 5.74) is 1.88. The molecule has 0 radical (unpaired) electrons. The van der Waals surface area contributed by atoms with Gasteiger partial charge in [0.2, 0.25) is 5.91 Å². The number of amides is 1. The van der Waals surface area contributed by atoms with E-state index in [1.54, 1.807) is 11.8 Å². The van der Waals surface area contributed by atoms with Gasteiger partial charge < -0.3 is 9.64 Å².